The second-order valence-electron chi connectivity index (χ2n) is 4.39. The predicted octanol–water partition coefficient (Wildman–Crippen LogP) is 1.83. The normalized spacial score (nSPS) is 14.3. The van der Waals surface area contributed by atoms with Crippen molar-refractivity contribution in [3.63, 3.8) is 0 Å². The minimum atomic E-state index is 0.0175. The molecule has 4 nitrogen and oxygen atoms in total. The second kappa shape index (κ2) is 6.20. The average molecular weight is 313 g/mol. The van der Waals surface area contributed by atoms with Gasteiger partial charge in [0, 0.05) is 22.6 Å². The molecule has 1 amide bonds. The lowest BCUT2D eigenvalue weighted by molar-refractivity contribution is -0.120. The molecule has 0 aliphatic heterocycles. The van der Waals surface area contributed by atoms with Crippen molar-refractivity contribution < 1.29 is 9.53 Å². The number of ether oxygens (including phenoxy) is 1. The first-order chi connectivity index (χ1) is 8.69. The summed E-state index contributed by atoms with van der Waals surface area (Å²) in [5.41, 5.74) is 0.964. The van der Waals surface area contributed by atoms with Gasteiger partial charge < -0.3 is 15.4 Å². The van der Waals surface area contributed by atoms with Crippen molar-refractivity contribution in [2.75, 3.05) is 13.7 Å². The summed E-state index contributed by atoms with van der Waals surface area (Å²) in [6.45, 7) is 0.870. The summed E-state index contributed by atoms with van der Waals surface area (Å²) >= 11 is 3.41. The van der Waals surface area contributed by atoms with Gasteiger partial charge in [0.1, 0.15) is 5.75 Å². The number of rotatable bonds is 6. The van der Waals surface area contributed by atoms with E-state index in [0.717, 1.165) is 15.8 Å². The molecule has 0 saturated heterocycles. The van der Waals surface area contributed by atoms with E-state index in [1.807, 2.05) is 18.2 Å². The van der Waals surface area contributed by atoms with E-state index in [-0.39, 0.29) is 5.91 Å². The highest BCUT2D eigenvalue weighted by Gasteiger charge is 2.21. The van der Waals surface area contributed by atoms with Gasteiger partial charge in [-0.05, 0) is 31.0 Å². The number of nitrogens with one attached hydrogen (secondary N) is 2. The molecular weight excluding hydrogens is 296 g/mol. The Bertz CT molecular complexity index is 433. The minimum Gasteiger partial charge on any atom is -0.496 e. The third kappa shape index (κ3) is 3.99. The van der Waals surface area contributed by atoms with Crippen molar-refractivity contribution in [2.45, 2.75) is 25.4 Å². The van der Waals surface area contributed by atoms with Gasteiger partial charge in [-0.15, -0.1) is 0 Å². The Morgan fingerprint density at radius 1 is 1.50 bits per heavy atom. The van der Waals surface area contributed by atoms with Crippen LogP contribution in [-0.2, 0) is 11.3 Å². The Kier molecular flexibility index (Phi) is 4.60. The first kappa shape index (κ1) is 13.4. The van der Waals surface area contributed by atoms with Gasteiger partial charge >= 0.3 is 0 Å². The fraction of sp³-hybridized carbons (Fsp3) is 0.462. The molecule has 0 atom stereocenters. The van der Waals surface area contributed by atoms with Crippen LogP contribution < -0.4 is 15.4 Å². The summed E-state index contributed by atoms with van der Waals surface area (Å²) in [4.78, 5) is 11.6. The van der Waals surface area contributed by atoms with Gasteiger partial charge in [-0.2, -0.15) is 0 Å². The molecule has 5 heteroatoms. The van der Waals surface area contributed by atoms with Crippen LogP contribution in [0.1, 0.15) is 18.4 Å². The van der Waals surface area contributed by atoms with Crippen LogP contribution in [-0.4, -0.2) is 25.6 Å². The molecule has 0 aromatic heterocycles. The monoisotopic (exact) mass is 312 g/mol. The summed E-state index contributed by atoms with van der Waals surface area (Å²) in [6, 6.07) is 6.30. The van der Waals surface area contributed by atoms with E-state index in [9.17, 15) is 4.79 Å². The lowest BCUT2D eigenvalue weighted by Gasteiger charge is -2.10. The lowest BCUT2D eigenvalue weighted by Crippen LogP contribution is -2.34. The summed E-state index contributed by atoms with van der Waals surface area (Å²) < 4.78 is 6.23. The maximum atomic E-state index is 11.6. The van der Waals surface area contributed by atoms with Gasteiger partial charge in [0.15, 0.2) is 0 Å². The fourth-order valence-electron chi connectivity index (χ4n) is 1.67. The van der Waals surface area contributed by atoms with Gasteiger partial charge in [-0.3, -0.25) is 4.79 Å². The summed E-state index contributed by atoms with van der Waals surface area (Å²) in [6.07, 6.45) is 2.37. The zero-order valence-corrected chi connectivity index (χ0v) is 11.9. The van der Waals surface area contributed by atoms with Crippen molar-refractivity contribution in [2.24, 2.45) is 0 Å². The number of hydrogen-bond acceptors (Lipinski definition) is 3. The summed E-state index contributed by atoms with van der Waals surface area (Å²) in [5, 5.41) is 6.06. The van der Waals surface area contributed by atoms with Crippen LogP contribution >= 0.6 is 15.9 Å². The number of benzene rings is 1. The Morgan fingerprint density at radius 3 is 2.94 bits per heavy atom. The van der Waals surface area contributed by atoms with E-state index in [2.05, 4.69) is 26.6 Å². The van der Waals surface area contributed by atoms with Crippen LogP contribution in [0.2, 0.25) is 0 Å². The molecule has 0 unspecified atom stereocenters. The van der Waals surface area contributed by atoms with Crippen molar-refractivity contribution in [3.8, 4) is 5.75 Å². The molecule has 98 valence electrons. The van der Waals surface area contributed by atoms with Crippen LogP contribution in [0.3, 0.4) is 0 Å². The summed E-state index contributed by atoms with van der Waals surface area (Å²) in [7, 11) is 1.63. The van der Waals surface area contributed by atoms with Gasteiger partial charge in [0.2, 0.25) is 5.91 Å². The number of hydrogen-bond donors (Lipinski definition) is 2. The standard InChI is InChI=1S/C13H17BrN2O2/c1-18-12-5-2-10(14)6-9(12)7-16-13(17)8-15-11-3-4-11/h2,5-6,11,15H,3-4,7-8H2,1H3,(H,16,17). The van der Waals surface area contributed by atoms with Gasteiger partial charge in [0.05, 0.1) is 13.7 Å². The van der Waals surface area contributed by atoms with Gasteiger partial charge in [-0.25, -0.2) is 0 Å². The van der Waals surface area contributed by atoms with Crippen molar-refractivity contribution in [1.29, 1.82) is 0 Å². The van der Waals surface area contributed by atoms with Gasteiger partial charge in [0.25, 0.3) is 0 Å². The van der Waals surface area contributed by atoms with Crippen molar-refractivity contribution in [1.82, 2.24) is 10.6 Å². The molecule has 18 heavy (non-hydrogen) atoms. The highest BCUT2D eigenvalue weighted by molar-refractivity contribution is 9.10. The molecule has 1 aliphatic rings. The van der Waals surface area contributed by atoms with Crippen LogP contribution in [0, 0.1) is 0 Å². The molecule has 1 aromatic rings. The Balaban J connectivity index is 1.84. The third-order valence-corrected chi connectivity index (χ3v) is 3.34. The van der Waals surface area contributed by atoms with E-state index in [4.69, 9.17) is 4.74 Å². The molecular formula is C13H17BrN2O2. The number of carbonyl (C=O) groups excluding carboxylic acids is 1. The molecule has 0 spiro atoms. The average Bonchev–Trinajstić information content (AvgIpc) is 3.18. The van der Waals surface area contributed by atoms with E-state index < -0.39 is 0 Å². The smallest absolute Gasteiger partial charge is 0.234 e. The minimum absolute atomic E-state index is 0.0175. The number of carbonyl (C=O) groups is 1. The molecule has 1 saturated carbocycles. The van der Waals surface area contributed by atoms with Gasteiger partial charge in [-0.1, -0.05) is 15.9 Å². The maximum Gasteiger partial charge on any atom is 0.234 e. The SMILES string of the molecule is COc1ccc(Br)cc1CNC(=O)CNC1CC1. The zero-order valence-electron chi connectivity index (χ0n) is 10.3. The Morgan fingerprint density at radius 2 is 2.28 bits per heavy atom. The van der Waals surface area contributed by atoms with E-state index >= 15 is 0 Å². The quantitative estimate of drug-likeness (QED) is 0.842. The molecule has 2 rings (SSSR count). The van der Waals surface area contributed by atoms with Crippen molar-refractivity contribution >= 4 is 21.8 Å². The van der Waals surface area contributed by atoms with Crippen LogP contribution in [0.25, 0.3) is 0 Å². The van der Waals surface area contributed by atoms with Crippen LogP contribution in [0.15, 0.2) is 22.7 Å². The van der Waals surface area contributed by atoms with E-state index in [0.29, 0.717) is 19.1 Å². The largest absolute Gasteiger partial charge is 0.496 e. The molecule has 2 N–H and O–H groups in total. The molecule has 0 bridgehead atoms. The Labute approximate surface area is 115 Å². The second-order valence-corrected chi connectivity index (χ2v) is 5.30. The highest BCUT2D eigenvalue weighted by Crippen LogP contribution is 2.22. The van der Waals surface area contributed by atoms with Crippen LogP contribution in [0.4, 0.5) is 0 Å². The molecule has 0 heterocycles. The molecule has 1 aromatic carbocycles. The zero-order chi connectivity index (χ0) is 13.0. The van der Waals surface area contributed by atoms with Crippen molar-refractivity contribution in [3.05, 3.63) is 28.2 Å². The molecule has 1 fully saturated rings. The number of methoxy groups -OCH3 is 1. The van der Waals surface area contributed by atoms with E-state index in [1.54, 1.807) is 7.11 Å². The predicted molar refractivity (Wildman–Crippen MR) is 73.6 cm³/mol. The number of halogens is 1. The summed E-state index contributed by atoms with van der Waals surface area (Å²) in [5.74, 6) is 0.803. The highest BCUT2D eigenvalue weighted by atomic mass is 79.9. The fourth-order valence-corrected chi connectivity index (χ4v) is 2.07. The van der Waals surface area contributed by atoms with E-state index in [1.165, 1.54) is 12.8 Å². The topological polar surface area (TPSA) is 50.4 Å². The first-order valence-corrected chi connectivity index (χ1v) is 6.81. The lowest BCUT2D eigenvalue weighted by atomic mass is 10.2. The third-order valence-electron chi connectivity index (χ3n) is 2.85. The molecule has 0 radical (unpaired) electrons. The number of amides is 1. The Hall–Kier alpha value is -1.07. The first-order valence-electron chi connectivity index (χ1n) is 6.01. The van der Waals surface area contributed by atoms with Crippen LogP contribution in [0.5, 0.6) is 5.75 Å². The molecule has 1 aliphatic carbocycles. The maximum absolute atomic E-state index is 11.6.